The standard InChI is InChI=1S/C17H16BrClN4/c1-11(20)23-15-7-2-12(18)10-16(15)22(9-8-17(23)21)14-5-3-13(19)4-6-14/h2-7,10,20-21H,8-9H2,1H3. The number of anilines is 3. The van der Waals surface area contributed by atoms with Crippen LogP contribution in [0.3, 0.4) is 0 Å². The average molecular weight is 392 g/mol. The van der Waals surface area contributed by atoms with Crippen molar-refractivity contribution in [2.75, 3.05) is 16.3 Å². The molecule has 2 N–H and O–H groups in total. The van der Waals surface area contributed by atoms with Gasteiger partial charge in [0.2, 0.25) is 0 Å². The molecular formula is C17H16BrClN4. The van der Waals surface area contributed by atoms with Crippen LogP contribution in [0.2, 0.25) is 5.02 Å². The van der Waals surface area contributed by atoms with Crippen molar-refractivity contribution >= 4 is 56.3 Å². The van der Waals surface area contributed by atoms with Crippen molar-refractivity contribution in [3.05, 3.63) is 52.0 Å². The molecule has 0 aromatic heterocycles. The molecule has 1 aliphatic heterocycles. The Morgan fingerprint density at radius 3 is 2.48 bits per heavy atom. The van der Waals surface area contributed by atoms with E-state index in [1.165, 1.54) is 0 Å². The van der Waals surface area contributed by atoms with E-state index in [0.29, 0.717) is 29.7 Å². The van der Waals surface area contributed by atoms with Gasteiger partial charge in [0.15, 0.2) is 0 Å². The van der Waals surface area contributed by atoms with Gasteiger partial charge < -0.3 is 4.90 Å². The van der Waals surface area contributed by atoms with E-state index in [9.17, 15) is 0 Å². The van der Waals surface area contributed by atoms with Crippen molar-refractivity contribution in [3.8, 4) is 0 Å². The van der Waals surface area contributed by atoms with Crippen LogP contribution >= 0.6 is 27.5 Å². The lowest BCUT2D eigenvalue weighted by molar-refractivity contribution is 0.969. The van der Waals surface area contributed by atoms with E-state index in [0.717, 1.165) is 21.5 Å². The molecule has 23 heavy (non-hydrogen) atoms. The molecule has 6 heteroatoms. The highest BCUT2D eigenvalue weighted by Crippen LogP contribution is 2.39. The van der Waals surface area contributed by atoms with Crippen LogP contribution in [0.15, 0.2) is 46.9 Å². The van der Waals surface area contributed by atoms with Gasteiger partial charge >= 0.3 is 0 Å². The van der Waals surface area contributed by atoms with Gasteiger partial charge in [-0.15, -0.1) is 0 Å². The summed E-state index contributed by atoms with van der Waals surface area (Å²) in [5.74, 6) is 0.772. The Kier molecular flexibility index (Phi) is 4.41. The number of fused-ring (bicyclic) bond motifs is 1. The normalized spacial score (nSPS) is 14.5. The summed E-state index contributed by atoms with van der Waals surface area (Å²) in [6.45, 7) is 2.38. The maximum atomic E-state index is 8.31. The summed E-state index contributed by atoms with van der Waals surface area (Å²) in [6, 6.07) is 13.6. The van der Waals surface area contributed by atoms with Gasteiger partial charge in [0.1, 0.15) is 11.7 Å². The number of amidine groups is 2. The minimum atomic E-state index is 0.344. The maximum absolute atomic E-state index is 8.31. The van der Waals surface area contributed by atoms with Gasteiger partial charge in [-0.05, 0) is 49.4 Å². The van der Waals surface area contributed by atoms with E-state index in [1.54, 1.807) is 11.8 Å². The fourth-order valence-corrected chi connectivity index (χ4v) is 3.24. The number of rotatable bonds is 1. The molecule has 0 aliphatic carbocycles. The second-order valence-corrected chi connectivity index (χ2v) is 6.73. The molecule has 4 nitrogen and oxygen atoms in total. The predicted octanol–water partition coefficient (Wildman–Crippen LogP) is 5.43. The minimum Gasteiger partial charge on any atom is -0.339 e. The van der Waals surface area contributed by atoms with Crippen molar-refractivity contribution in [1.29, 1.82) is 10.8 Å². The van der Waals surface area contributed by atoms with Gasteiger partial charge in [-0.25, -0.2) is 0 Å². The fraction of sp³-hybridized carbons (Fsp3) is 0.176. The van der Waals surface area contributed by atoms with Crippen molar-refractivity contribution in [1.82, 2.24) is 0 Å². The molecule has 0 bridgehead atoms. The molecule has 0 saturated carbocycles. The van der Waals surface area contributed by atoms with E-state index in [1.807, 2.05) is 42.5 Å². The summed E-state index contributed by atoms with van der Waals surface area (Å²) in [5, 5.41) is 17.0. The molecular weight excluding hydrogens is 376 g/mol. The average Bonchev–Trinajstić information content (AvgIpc) is 2.64. The zero-order chi connectivity index (χ0) is 16.6. The van der Waals surface area contributed by atoms with Crippen LogP contribution in [0.25, 0.3) is 0 Å². The molecule has 0 saturated heterocycles. The monoisotopic (exact) mass is 390 g/mol. The number of hydrogen-bond acceptors (Lipinski definition) is 3. The van der Waals surface area contributed by atoms with Gasteiger partial charge in [0, 0.05) is 28.1 Å². The van der Waals surface area contributed by atoms with Crippen LogP contribution < -0.4 is 9.80 Å². The summed E-state index contributed by atoms with van der Waals surface area (Å²) in [4.78, 5) is 3.85. The maximum Gasteiger partial charge on any atom is 0.108 e. The Morgan fingerprint density at radius 2 is 1.83 bits per heavy atom. The lowest BCUT2D eigenvalue weighted by atomic mass is 10.2. The Balaban J connectivity index is 2.17. The molecule has 3 rings (SSSR count). The first-order valence-corrected chi connectivity index (χ1v) is 8.40. The van der Waals surface area contributed by atoms with E-state index in [4.69, 9.17) is 22.4 Å². The van der Waals surface area contributed by atoms with Crippen LogP contribution in [0.5, 0.6) is 0 Å². The Labute approximate surface area is 148 Å². The molecule has 0 atom stereocenters. The second-order valence-electron chi connectivity index (χ2n) is 5.38. The largest absolute Gasteiger partial charge is 0.339 e. The zero-order valence-corrected chi connectivity index (χ0v) is 14.9. The van der Waals surface area contributed by atoms with Crippen molar-refractivity contribution in [3.63, 3.8) is 0 Å². The van der Waals surface area contributed by atoms with Gasteiger partial charge in [-0.1, -0.05) is 27.5 Å². The lowest BCUT2D eigenvalue weighted by Gasteiger charge is -2.27. The number of benzene rings is 2. The van der Waals surface area contributed by atoms with Gasteiger partial charge in [0.05, 0.1) is 11.4 Å². The Bertz CT molecular complexity index is 773. The first-order valence-electron chi connectivity index (χ1n) is 7.23. The molecule has 0 amide bonds. The van der Waals surface area contributed by atoms with Crippen LogP contribution in [-0.4, -0.2) is 18.2 Å². The van der Waals surface area contributed by atoms with E-state index < -0.39 is 0 Å². The van der Waals surface area contributed by atoms with Crippen molar-refractivity contribution < 1.29 is 0 Å². The SMILES string of the molecule is CC(=N)N1C(=N)CCN(c2ccc(Cl)cc2)c2cc(Br)ccc21. The molecule has 0 spiro atoms. The summed E-state index contributed by atoms with van der Waals surface area (Å²) in [6.07, 6.45) is 0.561. The van der Waals surface area contributed by atoms with Gasteiger partial charge in [-0.3, -0.25) is 15.7 Å². The molecule has 2 aromatic carbocycles. The minimum absolute atomic E-state index is 0.344. The Hall–Kier alpha value is -1.85. The predicted molar refractivity (Wildman–Crippen MR) is 101 cm³/mol. The zero-order valence-electron chi connectivity index (χ0n) is 12.6. The second kappa shape index (κ2) is 6.34. The van der Waals surface area contributed by atoms with E-state index in [-0.39, 0.29) is 0 Å². The highest BCUT2D eigenvalue weighted by atomic mass is 79.9. The summed E-state index contributed by atoms with van der Waals surface area (Å²) >= 11 is 9.53. The molecule has 2 aromatic rings. The number of hydrogen-bond donors (Lipinski definition) is 2. The third-order valence-electron chi connectivity index (χ3n) is 3.78. The number of halogens is 2. The highest BCUT2D eigenvalue weighted by molar-refractivity contribution is 9.10. The summed E-state index contributed by atoms with van der Waals surface area (Å²) in [5.41, 5.74) is 2.83. The summed E-state index contributed by atoms with van der Waals surface area (Å²) in [7, 11) is 0. The molecule has 1 aliphatic rings. The van der Waals surface area contributed by atoms with E-state index >= 15 is 0 Å². The fourth-order valence-electron chi connectivity index (χ4n) is 2.77. The number of nitrogens with zero attached hydrogens (tertiary/aromatic N) is 2. The van der Waals surface area contributed by atoms with Crippen molar-refractivity contribution in [2.24, 2.45) is 0 Å². The van der Waals surface area contributed by atoms with Crippen LogP contribution in [0.4, 0.5) is 17.1 Å². The Morgan fingerprint density at radius 1 is 1.13 bits per heavy atom. The quantitative estimate of drug-likeness (QED) is 0.503. The van der Waals surface area contributed by atoms with E-state index in [2.05, 4.69) is 20.8 Å². The first-order chi connectivity index (χ1) is 11.0. The third kappa shape index (κ3) is 3.12. The first kappa shape index (κ1) is 16.0. The molecule has 0 radical (unpaired) electrons. The third-order valence-corrected chi connectivity index (χ3v) is 4.53. The number of nitrogens with one attached hydrogen (secondary N) is 2. The molecule has 0 fully saturated rings. The lowest BCUT2D eigenvalue weighted by Crippen LogP contribution is -2.33. The molecule has 118 valence electrons. The molecule has 0 unspecified atom stereocenters. The van der Waals surface area contributed by atoms with Crippen LogP contribution in [0.1, 0.15) is 13.3 Å². The topological polar surface area (TPSA) is 54.2 Å². The highest BCUT2D eigenvalue weighted by Gasteiger charge is 2.26. The smallest absolute Gasteiger partial charge is 0.108 e. The van der Waals surface area contributed by atoms with Crippen LogP contribution in [0, 0.1) is 10.8 Å². The molecule has 1 heterocycles. The summed E-state index contributed by atoms with van der Waals surface area (Å²) < 4.78 is 0.964. The van der Waals surface area contributed by atoms with Gasteiger partial charge in [-0.2, -0.15) is 0 Å². The van der Waals surface area contributed by atoms with Crippen molar-refractivity contribution in [2.45, 2.75) is 13.3 Å². The van der Waals surface area contributed by atoms with Crippen LogP contribution in [-0.2, 0) is 0 Å². The van der Waals surface area contributed by atoms with Gasteiger partial charge in [0.25, 0.3) is 0 Å².